The number of rotatable bonds is 2. The smallest absolute Gasteiger partial charge is 0.121 e. The van der Waals surface area contributed by atoms with Crippen LogP contribution < -0.4 is 9.64 Å². The number of ether oxygens (including phenoxy) is 1. The summed E-state index contributed by atoms with van der Waals surface area (Å²) in [6.07, 6.45) is 2.49. The van der Waals surface area contributed by atoms with Gasteiger partial charge in [0.05, 0.1) is 18.5 Å². The number of benzene rings is 2. The number of likely N-dealkylation sites (N-methyl/N-ethyl adjacent to an activating group) is 1. The van der Waals surface area contributed by atoms with Crippen molar-refractivity contribution in [3.63, 3.8) is 0 Å². The minimum atomic E-state index is 0.515. The second kappa shape index (κ2) is 6.10. The lowest BCUT2D eigenvalue weighted by molar-refractivity contribution is 0.250. The number of methoxy groups -OCH3 is 1. The Kier molecular flexibility index (Phi) is 3.95. The number of piperidine rings is 1. The molecule has 0 N–H and O–H groups in total. The number of para-hydroxylation sites is 1. The third-order valence-electron chi connectivity index (χ3n) is 4.74. The highest BCUT2D eigenvalue weighted by atomic mass is 32.2. The van der Waals surface area contributed by atoms with E-state index in [1.165, 1.54) is 40.6 Å². The molecule has 2 heterocycles. The Morgan fingerprint density at radius 3 is 2.74 bits per heavy atom. The molecule has 1 fully saturated rings. The summed E-state index contributed by atoms with van der Waals surface area (Å²) in [5.41, 5.74) is 2.62. The van der Waals surface area contributed by atoms with E-state index in [2.05, 4.69) is 59.3 Å². The van der Waals surface area contributed by atoms with Crippen LogP contribution in [0.5, 0.6) is 5.75 Å². The molecule has 1 unspecified atom stereocenters. The Balaban J connectivity index is 1.82. The van der Waals surface area contributed by atoms with Crippen molar-refractivity contribution >= 4 is 23.1 Å². The van der Waals surface area contributed by atoms with E-state index >= 15 is 0 Å². The van der Waals surface area contributed by atoms with Crippen LogP contribution in [-0.2, 0) is 0 Å². The van der Waals surface area contributed by atoms with Crippen molar-refractivity contribution in [1.29, 1.82) is 0 Å². The maximum absolute atomic E-state index is 5.48. The van der Waals surface area contributed by atoms with Crippen molar-refractivity contribution in [2.75, 3.05) is 32.1 Å². The summed E-state index contributed by atoms with van der Waals surface area (Å²) in [6, 6.07) is 15.7. The summed E-state index contributed by atoms with van der Waals surface area (Å²) in [4.78, 5) is 7.65. The first-order valence-corrected chi connectivity index (χ1v) is 9.00. The maximum atomic E-state index is 5.48. The van der Waals surface area contributed by atoms with Crippen LogP contribution in [0.4, 0.5) is 11.4 Å². The molecule has 2 aromatic carbocycles. The van der Waals surface area contributed by atoms with Gasteiger partial charge in [-0.3, -0.25) is 0 Å². The molecule has 0 saturated carbocycles. The van der Waals surface area contributed by atoms with E-state index in [0.717, 1.165) is 12.3 Å². The largest absolute Gasteiger partial charge is 0.497 e. The molecule has 0 amide bonds. The van der Waals surface area contributed by atoms with Crippen LogP contribution in [0, 0.1) is 0 Å². The zero-order valence-electron chi connectivity index (χ0n) is 13.7. The van der Waals surface area contributed by atoms with Crippen molar-refractivity contribution in [3.05, 3.63) is 42.5 Å². The molecule has 3 nitrogen and oxygen atoms in total. The van der Waals surface area contributed by atoms with Gasteiger partial charge in [0.2, 0.25) is 0 Å². The molecule has 0 aromatic heterocycles. The number of likely N-dealkylation sites (tertiary alicyclic amines) is 1. The first-order chi connectivity index (χ1) is 11.3. The van der Waals surface area contributed by atoms with Crippen molar-refractivity contribution < 1.29 is 4.74 Å². The van der Waals surface area contributed by atoms with Gasteiger partial charge < -0.3 is 14.5 Å². The Morgan fingerprint density at radius 2 is 1.91 bits per heavy atom. The lowest BCUT2D eigenvalue weighted by Crippen LogP contribution is -2.45. The molecule has 23 heavy (non-hydrogen) atoms. The van der Waals surface area contributed by atoms with E-state index in [9.17, 15) is 0 Å². The fourth-order valence-electron chi connectivity index (χ4n) is 3.63. The Morgan fingerprint density at radius 1 is 1.09 bits per heavy atom. The number of hydrogen-bond acceptors (Lipinski definition) is 4. The van der Waals surface area contributed by atoms with Crippen molar-refractivity contribution in [2.45, 2.75) is 28.7 Å². The van der Waals surface area contributed by atoms with Crippen LogP contribution in [-0.4, -0.2) is 38.2 Å². The van der Waals surface area contributed by atoms with Crippen LogP contribution in [0.15, 0.2) is 52.3 Å². The summed E-state index contributed by atoms with van der Waals surface area (Å²) in [5.74, 6) is 0.929. The Labute approximate surface area is 142 Å². The SMILES string of the molecule is COc1ccc2c(c1)N(C1CCCN(C)C1)c1ccccc1S2. The molecule has 2 aliphatic heterocycles. The van der Waals surface area contributed by atoms with Gasteiger partial charge in [0.1, 0.15) is 5.75 Å². The number of anilines is 2. The zero-order valence-corrected chi connectivity index (χ0v) is 14.5. The molecular weight excluding hydrogens is 304 g/mol. The van der Waals surface area contributed by atoms with Crippen LogP contribution in [0.25, 0.3) is 0 Å². The summed E-state index contributed by atoms with van der Waals surface area (Å²) in [7, 11) is 3.97. The number of hydrogen-bond donors (Lipinski definition) is 0. The van der Waals surface area contributed by atoms with Gasteiger partial charge in [-0.2, -0.15) is 0 Å². The van der Waals surface area contributed by atoms with E-state index in [1.54, 1.807) is 7.11 Å². The van der Waals surface area contributed by atoms with Gasteiger partial charge in [0, 0.05) is 28.4 Å². The van der Waals surface area contributed by atoms with Gasteiger partial charge in [0.15, 0.2) is 0 Å². The van der Waals surface area contributed by atoms with Crippen molar-refractivity contribution in [2.24, 2.45) is 0 Å². The Hall–Kier alpha value is -1.65. The highest BCUT2D eigenvalue weighted by Gasteiger charge is 2.31. The van der Waals surface area contributed by atoms with E-state index < -0.39 is 0 Å². The van der Waals surface area contributed by atoms with Gasteiger partial charge in [0.25, 0.3) is 0 Å². The highest BCUT2D eigenvalue weighted by molar-refractivity contribution is 7.99. The van der Waals surface area contributed by atoms with Crippen LogP contribution in [0.2, 0.25) is 0 Å². The van der Waals surface area contributed by atoms with Crippen LogP contribution in [0.3, 0.4) is 0 Å². The summed E-state index contributed by atoms with van der Waals surface area (Å²) < 4.78 is 5.48. The molecule has 0 aliphatic carbocycles. The van der Waals surface area contributed by atoms with Gasteiger partial charge in [-0.15, -0.1) is 0 Å². The molecule has 2 aliphatic rings. The van der Waals surface area contributed by atoms with E-state index in [0.29, 0.717) is 6.04 Å². The molecule has 4 rings (SSSR count). The molecule has 120 valence electrons. The first-order valence-electron chi connectivity index (χ1n) is 8.19. The predicted molar refractivity (Wildman–Crippen MR) is 96.2 cm³/mol. The molecule has 0 spiro atoms. The van der Waals surface area contributed by atoms with Crippen molar-refractivity contribution in [1.82, 2.24) is 4.90 Å². The standard InChI is InChI=1S/C19H22N2OS/c1-20-11-5-6-14(13-20)21-16-7-3-4-8-18(16)23-19-10-9-15(22-2)12-17(19)21/h3-4,7-10,12,14H,5-6,11,13H2,1-2H3. The maximum Gasteiger partial charge on any atom is 0.121 e. The zero-order chi connectivity index (χ0) is 15.8. The van der Waals surface area contributed by atoms with Crippen LogP contribution >= 0.6 is 11.8 Å². The predicted octanol–water partition coefficient (Wildman–Crippen LogP) is 4.39. The minimum Gasteiger partial charge on any atom is -0.497 e. The molecular formula is C19H22N2OS. The third-order valence-corrected chi connectivity index (χ3v) is 5.87. The molecule has 0 bridgehead atoms. The van der Waals surface area contributed by atoms with E-state index in [1.807, 2.05) is 11.8 Å². The second-order valence-corrected chi connectivity index (χ2v) is 7.42. The minimum absolute atomic E-state index is 0.515. The highest BCUT2D eigenvalue weighted by Crippen LogP contribution is 2.50. The fourth-order valence-corrected chi connectivity index (χ4v) is 4.69. The molecule has 0 radical (unpaired) electrons. The quantitative estimate of drug-likeness (QED) is 0.813. The van der Waals surface area contributed by atoms with Crippen LogP contribution in [0.1, 0.15) is 12.8 Å². The van der Waals surface area contributed by atoms with Gasteiger partial charge in [-0.25, -0.2) is 0 Å². The normalized spacial score (nSPS) is 20.8. The number of nitrogens with zero attached hydrogens (tertiary/aromatic N) is 2. The summed E-state index contributed by atoms with van der Waals surface area (Å²) in [6.45, 7) is 2.31. The topological polar surface area (TPSA) is 15.7 Å². The molecule has 4 heteroatoms. The fraction of sp³-hybridized carbons (Fsp3) is 0.368. The molecule has 1 atom stereocenters. The van der Waals surface area contributed by atoms with Gasteiger partial charge in [-0.1, -0.05) is 23.9 Å². The third kappa shape index (κ3) is 2.70. The lowest BCUT2D eigenvalue weighted by atomic mass is 10.0. The monoisotopic (exact) mass is 326 g/mol. The second-order valence-electron chi connectivity index (χ2n) is 6.33. The van der Waals surface area contributed by atoms with Gasteiger partial charge in [-0.05, 0) is 50.7 Å². The van der Waals surface area contributed by atoms with E-state index in [-0.39, 0.29) is 0 Å². The average Bonchev–Trinajstić information content (AvgIpc) is 2.59. The Bertz CT molecular complexity index is 718. The molecule has 2 aromatic rings. The van der Waals surface area contributed by atoms with Gasteiger partial charge >= 0.3 is 0 Å². The van der Waals surface area contributed by atoms with E-state index in [4.69, 9.17) is 4.74 Å². The summed E-state index contributed by atoms with van der Waals surface area (Å²) >= 11 is 1.86. The number of fused-ring (bicyclic) bond motifs is 2. The average molecular weight is 326 g/mol. The first kappa shape index (κ1) is 14.9. The molecule has 1 saturated heterocycles. The van der Waals surface area contributed by atoms with Crippen molar-refractivity contribution in [3.8, 4) is 5.75 Å². The summed E-state index contributed by atoms with van der Waals surface area (Å²) in [5, 5.41) is 0. The lowest BCUT2D eigenvalue weighted by Gasteiger charge is -2.42.